The number of nitrogens with zero attached hydrogens (tertiary/aromatic N) is 2. The van der Waals surface area contributed by atoms with Gasteiger partial charge < -0.3 is 0 Å². The molecule has 0 bridgehead atoms. The summed E-state index contributed by atoms with van der Waals surface area (Å²) in [6.07, 6.45) is 1.99. The number of aromatic nitrogens is 2. The largest absolute Gasteiger partial charge is 0.290 e. The Morgan fingerprint density at radius 2 is 2.33 bits per heavy atom. The maximum atomic E-state index is 12.7. The van der Waals surface area contributed by atoms with Crippen molar-refractivity contribution >= 4 is 11.8 Å². The highest BCUT2D eigenvalue weighted by Gasteiger charge is 2.15. The minimum absolute atomic E-state index is 0.144. The SMILES string of the molecule is CCn1n[c]c(F)c1SC(F)F. The number of hydrogen-bond acceptors (Lipinski definition) is 2. The van der Waals surface area contributed by atoms with Gasteiger partial charge in [-0.1, -0.05) is 0 Å². The van der Waals surface area contributed by atoms with Crippen LogP contribution in [0.2, 0.25) is 0 Å². The molecule has 0 spiro atoms. The van der Waals surface area contributed by atoms with Gasteiger partial charge in [-0.25, -0.2) is 4.39 Å². The van der Waals surface area contributed by atoms with Crippen LogP contribution in [-0.4, -0.2) is 15.5 Å². The van der Waals surface area contributed by atoms with Crippen molar-refractivity contribution in [2.75, 3.05) is 0 Å². The molecule has 0 aliphatic rings. The third kappa shape index (κ3) is 1.94. The van der Waals surface area contributed by atoms with Gasteiger partial charge >= 0.3 is 0 Å². The van der Waals surface area contributed by atoms with E-state index in [1.165, 1.54) is 0 Å². The van der Waals surface area contributed by atoms with E-state index in [0.717, 1.165) is 4.68 Å². The quantitative estimate of drug-likeness (QED) is 0.688. The summed E-state index contributed by atoms with van der Waals surface area (Å²) in [5.41, 5.74) is 0. The lowest BCUT2D eigenvalue weighted by Gasteiger charge is -2.02. The lowest BCUT2D eigenvalue weighted by Crippen LogP contribution is -1.99. The molecule has 12 heavy (non-hydrogen) atoms. The molecule has 0 amide bonds. The molecule has 0 aromatic carbocycles. The number of alkyl halides is 2. The molecule has 6 heteroatoms. The highest BCUT2D eigenvalue weighted by Crippen LogP contribution is 2.26. The van der Waals surface area contributed by atoms with Crippen LogP contribution in [0.4, 0.5) is 13.2 Å². The zero-order valence-corrected chi connectivity index (χ0v) is 7.04. The molecule has 0 unspecified atom stereocenters. The van der Waals surface area contributed by atoms with Crippen LogP contribution < -0.4 is 0 Å². The van der Waals surface area contributed by atoms with Gasteiger partial charge in [-0.3, -0.25) is 4.68 Å². The molecular weight excluding hydrogens is 189 g/mol. The first kappa shape index (κ1) is 9.44. The summed E-state index contributed by atoms with van der Waals surface area (Å²) >= 11 is 0.144. The molecule has 0 aliphatic heterocycles. The van der Waals surface area contributed by atoms with Crippen molar-refractivity contribution in [1.82, 2.24) is 9.78 Å². The van der Waals surface area contributed by atoms with Crippen molar-refractivity contribution in [2.24, 2.45) is 0 Å². The van der Waals surface area contributed by atoms with E-state index in [9.17, 15) is 13.2 Å². The molecule has 0 saturated heterocycles. The van der Waals surface area contributed by atoms with Crippen LogP contribution in [0.25, 0.3) is 0 Å². The summed E-state index contributed by atoms with van der Waals surface area (Å²) in [4.78, 5) is 0. The lowest BCUT2D eigenvalue weighted by molar-refractivity contribution is 0.251. The van der Waals surface area contributed by atoms with E-state index in [4.69, 9.17) is 0 Å². The maximum absolute atomic E-state index is 12.7. The van der Waals surface area contributed by atoms with Crippen LogP contribution in [0.15, 0.2) is 5.03 Å². The van der Waals surface area contributed by atoms with Gasteiger partial charge in [0.2, 0.25) is 0 Å². The molecule has 0 saturated carbocycles. The topological polar surface area (TPSA) is 17.8 Å². The second-order valence-corrected chi connectivity index (χ2v) is 2.90. The summed E-state index contributed by atoms with van der Waals surface area (Å²) in [6, 6.07) is 0. The van der Waals surface area contributed by atoms with Gasteiger partial charge in [0.25, 0.3) is 5.76 Å². The molecule has 2 nitrogen and oxygen atoms in total. The van der Waals surface area contributed by atoms with Crippen LogP contribution in [0.1, 0.15) is 6.92 Å². The van der Waals surface area contributed by atoms with Crippen LogP contribution in [0, 0.1) is 12.0 Å². The van der Waals surface area contributed by atoms with Gasteiger partial charge in [0, 0.05) is 6.54 Å². The summed E-state index contributed by atoms with van der Waals surface area (Å²) in [6.45, 7) is 2.05. The number of halogens is 3. The van der Waals surface area contributed by atoms with Crippen molar-refractivity contribution in [1.29, 1.82) is 0 Å². The van der Waals surface area contributed by atoms with Crippen molar-refractivity contribution in [3.05, 3.63) is 12.0 Å². The Morgan fingerprint density at radius 3 is 2.83 bits per heavy atom. The molecule has 0 atom stereocenters. The van der Waals surface area contributed by atoms with Crippen LogP contribution in [0.5, 0.6) is 0 Å². The molecule has 1 aromatic rings. The van der Waals surface area contributed by atoms with Crippen molar-refractivity contribution in [3.63, 3.8) is 0 Å². The fourth-order valence-corrected chi connectivity index (χ4v) is 1.33. The number of thioether (sulfide) groups is 1. The van der Waals surface area contributed by atoms with E-state index < -0.39 is 11.6 Å². The summed E-state index contributed by atoms with van der Waals surface area (Å²) in [7, 11) is 0. The number of hydrogen-bond donors (Lipinski definition) is 0. The average Bonchev–Trinajstić information content (AvgIpc) is 2.32. The fraction of sp³-hybridized carbons (Fsp3) is 0.500. The summed E-state index contributed by atoms with van der Waals surface area (Å²) < 4.78 is 37.5. The lowest BCUT2D eigenvalue weighted by atomic mass is 10.7. The van der Waals surface area contributed by atoms with Crippen molar-refractivity contribution in [2.45, 2.75) is 24.3 Å². The summed E-state index contributed by atoms with van der Waals surface area (Å²) in [5, 5.41) is 3.29. The predicted octanol–water partition coefficient (Wildman–Crippen LogP) is 2.16. The molecule has 1 rings (SSSR count). The standard InChI is InChI=1S/C6H6F3N2S/c1-2-11-5(12-6(8)9)4(7)3-10-11/h6H,2H2,1H3. The van der Waals surface area contributed by atoms with Crippen LogP contribution in [0.3, 0.4) is 0 Å². The first-order valence-corrected chi connectivity index (χ1v) is 4.12. The Morgan fingerprint density at radius 1 is 1.67 bits per heavy atom. The Hall–Kier alpha value is -0.650. The number of rotatable bonds is 3. The second-order valence-electron chi connectivity index (χ2n) is 1.93. The van der Waals surface area contributed by atoms with E-state index in [1.807, 2.05) is 6.20 Å². The Labute approximate surface area is 71.8 Å². The van der Waals surface area contributed by atoms with Gasteiger partial charge in [0.1, 0.15) is 5.03 Å². The maximum Gasteiger partial charge on any atom is 0.290 e. The van der Waals surface area contributed by atoms with Crippen molar-refractivity contribution in [3.8, 4) is 0 Å². The van der Waals surface area contributed by atoms with E-state index in [2.05, 4.69) is 5.10 Å². The third-order valence-electron chi connectivity index (χ3n) is 1.19. The third-order valence-corrected chi connectivity index (χ3v) is 1.98. The highest BCUT2D eigenvalue weighted by atomic mass is 32.2. The molecule has 67 valence electrons. The second kappa shape index (κ2) is 3.84. The normalized spacial score (nSPS) is 11.1. The predicted molar refractivity (Wildman–Crippen MR) is 38.6 cm³/mol. The smallest absolute Gasteiger partial charge is 0.255 e. The summed E-state index contributed by atoms with van der Waals surface area (Å²) in [5.74, 6) is -3.45. The van der Waals surface area contributed by atoms with Gasteiger partial charge in [-0.2, -0.15) is 13.9 Å². The van der Waals surface area contributed by atoms with Gasteiger partial charge in [-0.15, -0.1) is 0 Å². The first-order valence-electron chi connectivity index (χ1n) is 3.24. The van der Waals surface area contributed by atoms with Crippen LogP contribution >= 0.6 is 11.8 Å². The zero-order valence-electron chi connectivity index (χ0n) is 6.22. The molecular formula is C6H6F3N2S. The minimum atomic E-state index is -2.63. The first-order chi connectivity index (χ1) is 5.65. The molecule has 0 aliphatic carbocycles. The van der Waals surface area contributed by atoms with Gasteiger partial charge in [0.05, 0.1) is 0 Å². The minimum Gasteiger partial charge on any atom is -0.255 e. The van der Waals surface area contributed by atoms with Crippen molar-refractivity contribution < 1.29 is 13.2 Å². The van der Waals surface area contributed by atoms with E-state index >= 15 is 0 Å². The molecule has 1 radical (unpaired) electrons. The fourth-order valence-electron chi connectivity index (χ4n) is 0.722. The van der Waals surface area contributed by atoms with Gasteiger partial charge in [-0.05, 0) is 18.7 Å². The Bertz CT molecular complexity index is 261. The molecule has 1 heterocycles. The molecule has 0 N–H and O–H groups in total. The monoisotopic (exact) mass is 195 g/mol. The Balaban J connectivity index is 2.86. The van der Waals surface area contributed by atoms with Gasteiger partial charge in [0.15, 0.2) is 12.0 Å². The average molecular weight is 195 g/mol. The van der Waals surface area contributed by atoms with E-state index in [0.29, 0.717) is 6.54 Å². The number of aryl methyl sites for hydroxylation is 1. The zero-order chi connectivity index (χ0) is 9.14. The highest BCUT2D eigenvalue weighted by molar-refractivity contribution is 7.99. The molecule has 0 fully saturated rings. The Kier molecular flexibility index (Phi) is 3.02. The van der Waals surface area contributed by atoms with E-state index in [1.54, 1.807) is 6.92 Å². The molecule has 1 aromatic heterocycles. The van der Waals surface area contributed by atoms with E-state index in [-0.39, 0.29) is 16.8 Å². The van der Waals surface area contributed by atoms with Crippen LogP contribution in [-0.2, 0) is 6.54 Å².